The van der Waals surface area contributed by atoms with Crippen LogP contribution in [0.1, 0.15) is 30.1 Å². The zero-order valence-electron chi connectivity index (χ0n) is 11.9. The van der Waals surface area contributed by atoms with Gasteiger partial charge in [-0.15, -0.1) is 0 Å². The summed E-state index contributed by atoms with van der Waals surface area (Å²) in [7, 11) is -3.63. The first-order valence-corrected chi connectivity index (χ1v) is 8.34. The lowest BCUT2D eigenvalue weighted by molar-refractivity contribution is 0.0526. The topological polar surface area (TPSA) is 83.9 Å². The van der Waals surface area contributed by atoms with Gasteiger partial charge in [0.05, 0.1) is 23.2 Å². The lowest BCUT2D eigenvalue weighted by Gasteiger charge is -2.29. The second-order valence-corrected chi connectivity index (χ2v) is 6.84. The van der Waals surface area contributed by atoms with Gasteiger partial charge in [0.1, 0.15) is 0 Å². The molecule has 6 nitrogen and oxygen atoms in total. The molecule has 1 fully saturated rings. The van der Waals surface area contributed by atoms with Crippen molar-refractivity contribution in [2.75, 3.05) is 19.7 Å². The van der Waals surface area contributed by atoms with Crippen molar-refractivity contribution in [1.82, 2.24) is 4.31 Å². The minimum Gasteiger partial charge on any atom is -0.462 e. The highest BCUT2D eigenvalue weighted by atomic mass is 32.2. The fraction of sp³-hybridized carbons (Fsp3) is 0.500. The summed E-state index contributed by atoms with van der Waals surface area (Å²) < 4.78 is 31.0. The van der Waals surface area contributed by atoms with Gasteiger partial charge in [-0.2, -0.15) is 4.31 Å². The van der Waals surface area contributed by atoms with Crippen molar-refractivity contribution in [2.45, 2.75) is 30.8 Å². The Hall–Kier alpha value is -1.44. The van der Waals surface area contributed by atoms with Crippen molar-refractivity contribution in [3.05, 3.63) is 29.8 Å². The normalized spacial score (nSPS) is 20.2. The Kier molecular flexibility index (Phi) is 4.97. The SMILES string of the molecule is CCOC(=O)c1ccc(S(=O)(=O)N2CCC[C@H](O)C2)cc1. The number of sulfonamides is 1. The van der Waals surface area contributed by atoms with Crippen LogP contribution in [0.3, 0.4) is 0 Å². The first-order valence-electron chi connectivity index (χ1n) is 6.90. The largest absolute Gasteiger partial charge is 0.462 e. The van der Waals surface area contributed by atoms with Crippen LogP contribution in [0.4, 0.5) is 0 Å². The molecule has 0 bridgehead atoms. The zero-order chi connectivity index (χ0) is 15.5. The number of nitrogens with zero attached hydrogens (tertiary/aromatic N) is 1. The summed E-state index contributed by atoms with van der Waals surface area (Å²) in [6, 6.07) is 5.65. The first kappa shape index (κ1) is 15.9. The van der Waals surface area contributed by atoms with Gasteiger partial charge in [-0.3, -0.25) is 0 Å². The van der Waals surface area contributed by atoms with Crippen molar-refractivity contribution < 1.29 is 23.1 Å². The van der Waals surface area contributed by atoms with Gasteiger partial charge in [-0.1, -0.05) is 0 Å². The number of carbonyl (C=O) groups is 1. The molecule has 0 amide bonds. The zero-order valence-corrected chi connectivity index (χ0v) is 12.7. The second kappa shape index (κ2) is 6.55. The maximum Gasteiger partial charge on any atom is 0.338 e. The molecule has 1 N–H and O–H groups in total. The molecular formula is C14H19NO5S. The summed E-state index contributed by atoms with van der Waals surface area (Å²) in [6.45, 7) is 2.49. The monoisotopic (exact) mass is 313 g/mol. The van der Waals surface area contributed by atoms with Gasteiger partial charge < -0.3 is 9.84 Å². The van der Waals surface area contributed by atoms with Crippen molar-refractivity contribution in [3.63, 3.8) is 0 Å². The summed E-state index contributed by atoms with van der Waals surface area (Å²) in [4.78, 5) is 11.7. The molecule has 21 heavy (non-hydrogen) atoms. The lowest BCUT2D eigenvalue weighted by atomic mass is 10.1. The molecule has 0 unspecified atom stereocenters. The van der Waals surface area contributed by atoms with Crippen LogP contribution in [0.5, 0.6) is 0 Å². The molecule has 1 aliphatic rings. The van der Waals surface area contributed by atoms with Gasteiger partial charge in [0, 0.05) is 13.1 Å². The van der Waals surface area contributed by atoms with E-state index in [1.54, 1.807) is 6.92 Å². The Balaban J connectivity index is 2.19. The highest BCUT2D eigenvalue weighted by Crippen LogP contribution is 2.21. The molecule has 116 valence electrons. The highest BCUT2D eigenvalue weighted by molar-refractivity contribution is 7.89. The second-order valence-electron chi connectivity index (χ2n) is 4.90. The molecule has 0 aromatic heterocycles. The first-order chi connectivity index (χ1) is 9.95. The number of rotatable bonds is 4. The number of β-amino-alcohol motifs (C(OH)–C–C–N with tert-alkyl or cyclic N) is 1. The number of hydrogen-bond donors (Lipinski definition) is 1. The standard InChI is InChI=1S/C14H19NO5S/c1-2-20-14(17)11-5-7-13(8-6-11)21(18,19)15-9-3-4-12(16)10-15/h5-8,12,16H,2-4,9-10H2,1H3/t12-/m0/s1. The van der Waals surface area contributed by atoms with Crippen LogP contribution in [0.25, 0.3) is 0 Å². The quantitative estimate of drug-likeness (QED) is 0.839. The molecule has 0 saturated carbocycles. The third-order valence-electron chi connectivity index (χ3n) is 3.36. The summed E-state index contributed by atoms with van der Waals surface area (Å²) in [5, 5.41) is 9.60. The summed E-state index contributed by atoms with van der Waals surface area (Å²) >= 11 is 0. The van der Waals surface area contributed by atoms with Crippen LogP contribution < -0.4 is 0 Å². The summed E-state index contributed by atoms with van der Waals surface area (Å²) in [5.41, 5.74) is 0.314. The van der Waals surface area contributed by atoms with Crippen LogP contribution in [0.15, 0.2) is 29.2 Å². The summed E-state index contributed by atoms with van der Waals surface area (Å²) in [6.07, 6.45) is 0.641. The van der Waals surface area contributed by atoms with Crippen LogP contribution in [-0.4, -0.2) is 49.6 Å². The Labute approximate surface area is 124 Å². The number of benzene rings is 1. The van der Waals surface area contributed by atoms with E-state index in [9.17, 15) is 18.3 Å². The maximum absolute atomic E-state index is 12.4. The number of aliphatic hydroxyl groups is 1. The number of carbonyl (C=O) groups excluding carboxylic acids is 1. The molecule has 0 spiro atoms. The Morgan fingerprint density at radius 1 is 1.38 bits per heavy atom. The minimum absolute atomic E-state index is 0.113. The van der Waals surface area contributed by atoms with E-state index < -0.39 is 22.1 Å². The number of piperidine rings is 1. The number of hydrogen-bond acceptors (Lipinski definition) is 5. The Morgan fingerprint density at radius 3 is 2.62 bits per heavy atom. The van der Waals surface area contributed by atoms with E-state index in [0.29, 0.717) is 24.9 Å². The van der Waals surface area contributed by atoms with E-state index >= 15 is 0 Å². The molecule has 1 atom stereocenters. The van der Waals surface area contributed by atoms with Crippen LogP contribution in [0.2, 0.25) is 0 Å². The molecule has 1 aromatic rings. The van der Waals surface area contributed by atoms with Gasteiger partial charge in [-0.25, -0.2) is 13.2 Å². The minimum atomic E-state index is -3.63. The van der Waals surface area contributed by atoms with E-state index in [0.717, 1.165) is 0 Å². The fourth-order valence-electron chi connectivity index (χ4n) is 2.27. The lowest BCUT2D eigenvalue weighted by Crippen LogP contribution is -2.42. The molecule has 7 heteroatoms. The van der Waals surface area contributed by atoms with E-state index in [4.69, 9.17) is 4.74 Å². The van der Waals surface area contributed by atoms with Crippen LogP contribution in [0, 0.1) is 0 Å². The molecule has 1 heterocycles. The fourth-order valence-corrected chi connectivity index (χ4v) is 3.78. The van der Waals surface area contributed by atoms with E-state index in [-0.39, 0.29) is 18.0 Å². The summed E-state index contributed by atoms with van der Waals surface area (Å²) in [5.74, 6) is -0.477. The van der Waals surface area contributed by atoms with Crippen molar-refractivity contribution in [2.24, 2.45) is 0 Å². The molecule has 2 rings (SSSR count). The molecular weight excluding hydrogens is 294 g/mol. The predicted octanol–water partition coefficient (Wildman–Crippen LogP) is 1.01. The predicted molar refractivity (Wildman–Crippen MR) is 76.4 cm³/mol. The van der Waals surface area contributed by atoms with Crippen LogP contribution in [-0.2, 0) is 14.8 Å². The smallest absolute Gasteiger partial charge is 0.338 e. The Bertz CT molecular complexity index is 596. The molecule has 1 saturated heterocycles. The van der Waals surface area contributed by atoms with Gasteiger partial charge >= 0.3 is 5.97 Å². The molecule has 1 aliphatic heterocycles. The van der Waals surface area contributed by atoms with Crippen LogP contribution >= 0.6 is 0 Å². The van der Waals surface area contributed by atoms with Crippen molar-refractivity contribution in [3.8, 4) is 0 Å². The van der Waals surface area contributed by atoms with Gasteiger partial charge in [0.25, 0.3) is 0 Å². The molecule has 0 aliphatic carbocycles. The highest BCUT2D eigenvalue weighted by Gasteiger charge is 2.29. The molecule has 0 radical (unpaired) electrons. The number of esters is 1. The molecule has 1 aromatic carbocycles. The Morgan fingerprint density at radius 2 is 2.05 bits per heavy atom. The number of aliphatic hydroxyl groups excluding tert-OH is 1. The van der Waals surface area contributed by atoms with Gasteiger partial charge in [-0.05, 0) is 44.0 Å². The number of ether oxygens (including phenoxy) is 1. The van der Waals surface area contributed by atoms with E-state index in [1.165, 1.54) is 28.6 Å². The third-order valence-corrected chi connectivity index (χ3v) is 5.24. The van der Waals surface area contributed by atoms with Crippen molar-refractivity contribution >= 4 is 16.0 Å². The average Bonchev–Trinajstić information content (AvgIpc) is 2.47. The van der Waals surface area contributed by atoms with E-state index in [1.807, 2.05) is 0 Å². The maximum atomic E-state index is 12.4. The average molecular weight is 313 g/mol. The third kappa shape index (κ3) is 3.61. The van der Waals surface area contributed by atoms with Gasteiger partial charge in [0.2, 0.25) is 10.0 Å². The van der Waals surface area contributed by atoms with Gasteiger partial charge in [0.15, 0.2) is 0 Å². The van der Waals surface area contributed by atoms with Crippen molar-refractivity contribution in [1.29, 1.82) is 0 Å². The van der Waals surface area contributed by atoms with E-state index in [2.05, 4.69) is 0 Å².